The third-order valence-electron chi connectivity index (χ3n) is 5.39. The van der Waals surface area contributed by atoms with Crippen LogP contribution in [0.5, 0.6) is 11.5 Å². The maximum atomic E-state index is 5.37. The number of nitrogens with zero attached hydrogens (tertiary/aromatic N) is 1. The molecule has 0 amide bonds. The zero-order valence-corrected chi connectivity index (χ0v) is 14.0. The normalized spacial score (nSPS) is 27.9. The van der Waals surface area contributed by atoms with Crippen molar-refractivity contribution in [2.75, 3.05) is 27.8 Å². The first-order valence-electron chi connectivity index (χ1n) is 8.37. The van der Waals surface area contributed by atoms with Crippen LogP contribution in [0.3, 0.4) is 0 Å². The van der Waals surface area contributed by atoms with Crippen molar-refractivity contribution in [2.45, 2.75) is 50.2 Å². The lowest BCUT2D eigenvalue weighted by atomic mass is 9.98. The van der Waals surface area contributed by atoms with Gasteiger partial charge in [0.1, 0.15) is 0 Å². The van der Waals surface area contributed by atoms with Crippen LogP contribution >= 0.6 is 0 Å². The Balaban J connectivity index is 1.49. The molecule has 2 saturated heterocycles. The van der Waals surface area contributed by atoms with Crippen LogP contribution in [0.2, 0.25) is 0 Å². The molecule has 2 aliphatic rings. The molecule has 1 aromatic carbocycles. The van der Waals surface area contributed by atoms with E-state index in [0.29, 0.717) is 6.04 Å². The minimum Gasteiger partial charge on any atom is -0.493 e. The number of hydrogen-bond acceptors (Lipinski definition) is 4. The SMILES string of the molecule is COc1ccc(CCNC2CC3CCC(C2)N3C)cc1OC. The van der Waals surface area contributed by atoms with Crippen molar-refractivity contribution < 1.29 is 9.47 Å². The lowest BCUT2D eigenvalue weighted by Gasteiger charge is -2.36. The van der Waals surface area contributed by atoms with Crippen LogP contribution in [0.15, 0.2) is 18.2 Å². The zero-order valence-electron chi connectivity index (χ0n) is 14.0. The van der Waals surface area contributed by atoms with Crippen LogP contribution in [0.4, 0.5) is 0 Å². The molecule has 0 radical (unpaired) electrons. The maximum Gasteiger partial charge on any atom is 0.160 e. The summed E-state index contributed by atoms with van der Waals surface area (Å²) in [6.07, 6.45) is 6.41. The molecule has 1 aromatic rings. The van der Waals surface area contributed by atoms with Gasteiger partial charge < -0.3 is 19.7 Å². The lowest BCUT2D eigenvalue weighted by molar-refractivity contribution is 0.149. The van der Waals surface area contributed by atoms with E-state index in [-0.39, 0.29) is 0 Å². The van der Waals surface area contributed by atoms with Gasteiger partial charge in [-0.25, -0.2) is 0 Å². The second-order valence-electron chi connectivity index (χ2n) is 6.61. The smallest absolute Gasteiger partial charge is 0.160 e. The van der Waals surface area contributed by atoms with Gasteiger partial charge in [-0.15, -0.1) is 0 Å². The summed E-state index contributed by atoms with van der Waals surface area (Å²) in [4.78, 5) is 2.59. The minimum absolute atomic E-state index is 0.689. The Hall–Kier alpha value is -1.26. The molecule has 2 fully saturated rings. The standard InChI is InChI=1S/C18H28N2O2/c1-20-15-5-6-16(20)12-14(11-15)19-9-8-13-4-7-17(21-2)18(10-13)22-3/h4,7,10,14-16,19H,5-6,8-9,11-12H2,1-3H3. The first kappa shape index (κ1) is 15.6. The van der Waals surface area contributed by atoms with Crippen molar-refractivity contribution in [3.8, 4) is 11.5 Å². The second kappa shape index (κ2) is 6.88. The largest absolute Gasteiger partial charge is 0.493 e. The van der Waals surface area contributed by atoms with Crippen LogP contribution in [-0.2, 0) is 6.42 Å². The van der Waals surface area contributed by atoms with E-state index in [1.807, 2.05) is 6.07 Å². The molecule has 0 aliphatic carbocycles. The van der Waals surface area contributed by atoms with Gasteiger partial charge in [-0.1, -0.05) is 6.07 Å². The van der Waals surface area contributed by atoms with Gasteiger partial charge in [0.15, 0.2) is 11.5 Å². The minimum atomic E-state index is 0.689. The first-order valence-corrected chi connectivity index (χ1v) is 8.37. The monoisotopic (exact) mass is 304 g/mol. The summed E-state index contributed by atoms with van der Waals surface area (Å²) < 4.78 is 10.7. The van der Waals surface area contributed by atoms with Gasteiger partial charge in [-0.3, -0.25) is 0 Å². The predicted molar refractivity (Wildman–Crippen MR) is 88.8 cm³/mol. The lowest BCUT2D eigenvalue weighted by Crippen LogP contribution is -2.47. The summed E-state index contributed by atoms with van der Waals surface area (Å²) in [5.74, 6) is 1.61. The number of ether oxygens (including phenoxy) is 2. The van der Waals surface area contributed by atoms with E-state index in [4.69, 9.17) is 9.47 Å². The third kappa shape index (κ3) is 3.23. The van der Waals surface area contributed by atoms with Crippen LogP contribution in [0, 0.1) is 0 Å². The number of hydrogen-bond donors (Lipinski definition) is 1. The molecular weight excluding hydrogens is 276 g/mol. The first-order chi connectivity index (χ1) is 10.7. The van der Waals surface area contributed by atoms with Crippen LogP contribution < -0.4 is 14.8 Å². The fourth-order valence-electron chi connectivity index (χ4n) is 4.03. The summed E-state index contributed by atoms with van der Waals surface area (Å²) in [5.41, 5.74) is 1.29. The van der Waals surface area contributed by atoms with Gasteiger partial charge in [0.25, 0.3) is 0 Å². The van der Waals surface area contributed by atoms with Crippen molar-refractivity contribution in [2.24, 2.45) is 0 Å². The molecule has 2 unspecified atom stereocenters. The average molecular weight is 304 g/mol. The Morgan fingerprint density at radius 1 is 1.09 bits per heavy atom. The van der Waals surface area contributed by atoms with Gasteiger partial charge in [0, 0.05) is 18.1 Å². The van der Waals surface area contributed by atoms with E-state index in [1.54, 1.807) is 14.2 Å². The molecule has 122 valence electrons. The maximum absolute atomic E-state index is 5.37. The van der Waals surface area contributed by atoms with Crippen LogP contribution in [0.25, 0.3) is 0 Å². The summed E-state index contributed by atoms with van der Waals surface area (Å²) in [6.45, 7) is 1.03. The van der Waals surface area contributed by atoms with Crippen molar-refractivity contribution in [3.63, 3.8) is 0 Å². The van der Waals surface area contributed by atoms with E-state index in [2.05, 4.69) is 29.4 Å². The molecule has 2 heterocycles. The number of fused-ring (bicyclic) bond motifs is 2. The number of methoxy groups -OCH3 is 2. The molecule has 2 atom stereocenters. The molecule has 4 nitrogen and oxygen atoms in total. The third-order valence-corrected chi connectivity index (χ3v) is 5.39. The molecule has 2 bridgehead atoms. The van der Waals surface area contributed by atoms with E-state index < -0.39 is 0 Å². The van der Waals surface area contributed by atoms with E-state index in [9.17, 15) is 0 Å². The number of piperidine rings is 1. The van der Waals surface area contributed by atoms with Gasteiger partial charge >= 0.3 is 0 Å². The van der Waals surface area contributed by atoms with Crippen molar-refractivity contribution >= 4 is 0 Å². The summed E-state index contributed by atoms with van der Waals surface area (Å²) in [6, 6.07) is 8.49. The number of rotatable bonds is 6. The van der Waals surface area contributed by atoms with Crippen LogP contribution in [-0.4, -0.2) is 50.8 Å². The van der Waals surface area contributed by atoms with Gasteiger partial charge in [0.05, 0.1) is 14.2 Å². The van der Waals surface area contributed by atoms with Crippen molar-refractivity contribution in [3.05, 3.63) is 23.8 Å². The van der Waals surface area contributed by atoms with Gasteiger partial charge in [-0.2, -0.15) is 0 Å². The molecule has 22 heavy (non-hydrogen) atoms. The summed E-state index contributed by atoms with van der Waals surface area (Å²) >= 11 is 0. The molecule has 0 saturated carbocycles. The molecule has 2 aliphatic heterocycles. The fraction of sp³-hybridized carbons (Fsp3) is 0.667. The van der Waals surface area contributed by atoms with Gasteiger partial charge in [-0.05, 0) is 63.4 Å². The highest BCUT2D eigenvalue weighted by Crippen LogP contribution is 2.34. The Morgan fingerprint density at radius 3 is 2.41 bits per heavy atom. The average Bonchev–Trinajstić information content (AvgIpc) is 2.76. The van der Waals surface area contributed by atoms with E-state index >= 15 is 0 Å². The summed E-state index contributed by atoms with van der Waals surface area (Å²) in [7, 11) is 5.66. The fourth-order valence-corrected chi connectivity index (χ4v) is 4.03. The van der Waals surface area contributed by atoms with E-state index in [1.165, 1.54) is 31.2 Å². The van der Waals surface area contributed by atoms with Gasteiger partial charge in [0.2, 0.25) is 0 Å². The Labute approximate surface area is 133 Å². The van der Waals surface area contributed by atoms with Crippen molar-refractivity contribution in [1.82, 2.24) is 10.2 Å². The predicted octanol–water partition coefficient (Wildman–Crippen LogP) is 2.46. The molecular formula is C18H28N2O2. The quantitative estimate of drug-likeness (QED) is 0.875. The second-order valence-corrected chi connectivity index (χ2v) is 6.61. The zero-order chi connectivity index (χ0) is 15.5. The Morgan fingerprint density at radius 2 is 1.77 bits per heavy atom. The van der Waals surface area contributed by atoms with E-state index in [0.717, 1.165) is 36.5 Å². The molecule has 0 spiro atoms. The number of nitrogens with one attached hydrogen (secondary N) is 1. The van der Waals surface area contributed by atoms with Crippen molar-refractivity contribution in [1.29, 1.82) is 0 Å². The molecule has 0 aromatic heterocycles. The Bertz CT molecular complexity index is 492. The highest BCUT2D eigenvalue weighted by Gasteiger charge is 2.37. The molecule has 3 rings (SSSR count). The molecule has 4 heteroatoms. The molecule has 1 N–H and O–H groups in total. The van der Waals surface area contributed by atoms with Crippen LogP contribution in [0.1, 0.15) is 31.2 Å². The summed E-state index contributed by atoms with van der Waals surface area (Å²) in [5, 5.41) is 3.76. The highest BCUT2D eigenvalue weighted by atomic mass is 16.5. The topological polar surface area (TPSA) is 33.7 Å². The Kier molecular flexibility index (Phi) is 4.89. The highest BCUT2D eigenvalue weighted by molar-refractivity contribution is 5.42. The number of benzene rings is 1.